The lowest BCUT2D eigenvalue weighted by Crippen LogP contribution is -2.17. The molecule has 3 heteroatoms. The summed E-state index contributed by atoms with van der Waals surface area (Å²) in [6.45, 7) is 7.65. The Hall–Kier alpha value is -2.91. The summed E-state index contributed by atoms with van der Waals surface area (Å²) in [7, 11) is 4.22. The van der Waals surface area contributed by atoms with E-state index in [1.54, 1.807) is 6.21 Å². The molecular formula is C33H43N3. The highest BCUT2D eigenvalue weighted by molar-refractivity contribution is 5.91. The quantitative estimate of drug-likeness (QED) is 0.353. The molecule has 2 N–H and O–H groups in total. The van der Waals surface area contributed by atoms with E-state index in [1.165, 1.54) is 70.2 Å². The first-order valence-corrected chi connectivity index (χ1v) is 13.6. The Morgan fingerprint density at radius 3 is 2.39 bits per heavy atom. The van der Waals surface area contributed by atoms with E-state index in [2.05, 4.69) is 93.6 Å². The highest BCUT2D eigenvalue weighted by atomic mass is 15.0. The Labute approximate surface area is 218 Å². The van der Waals surface area contributed by atoms with E-state index in [1.807, 2.05) is 0 Å². The molecule has 4 rings (SSSR count). The van der Waals surface area contributed by atoms with Crippen LogP contribution in [-0.4, -0.2) is 31.3 Å². The van der Waals surface area contributed by atoms with Crippen LogP contribution in [0.1, 0.15) is 76.0 Å². The van der Waals surface area contributed by atoms with Crippen LogP contribution < -0.4 is 5.32 Å². The molecule has 0 aliphatic heterocycles. The lowest BCUT2D eigenvalue weighted by Gasteiger charge is -2.24. The highest BCUT2D eigenvalue weighted by Gasteiger charge is 2.21. The van der Waals surface area contributed by atoms with Crippen molar-refractivity contribution in [2.45, 2.75) is 78.3 Å². The van der Waals surface area contributed by atoms with E-state index in [4.69, 9.17) is 5.41 Å². The zero-order valence-electron chi connectivity index (χ0n) is 22.9. The first kappa shape index (κ1) is 26.2. The second-order valence-electron chi connectivity index (χ2n) is 10.9. The third-order valence-electron chi connectivity index (χ3n) is 7.52. The average molecular weight is 482 g/mol. The van der Waals surface area contributed by atoms with E-state index in [0.29, 0.717) is 6.04 Å². The van der Waals surface area contributed by atoms with Crippen LogP contribution in [0.3, 0.4) is 0 Å². The third-order valence-corrected chi connectivity index (χ3v) is 7.52. The Balaban J connectivity index is 1.78. The summed E-state index contributed by atoms with van der Waals surface area (Å²) < 4.78 is 0. The van der Waals surface area contributed by atoms with Gasteiger partial charge in [0.1, 0.15) is 0 Å². The van der Waals surface area contributed by atoms with Gasteiger partial charge >= 0.3 is 0 Å². The first-order chi connectivity index (χ1) is 17.4. The van der Waals surface area contributed by atoms with Gasteiger partial charge in [0, 0.05) is 30.1 Å². The molecule has 0 heterocycles. The van der Waals surface area contributed by atoms with E-state index < -0.39 is 0 Å². The Bertz CT molecular complexity index is 1170. The topological polar surface area (TPSA) is 39.1 Å². The molecule has 190 valence electrons. The molecule has 0 aromatic heterocycles. The molecule has 0 unspecified atom stereocenters. The molecule has 2 aliphatic rings. The van der Waals surface area contributed by atoms with Crippen LogP contribution in [0.5, 0.6) is 0 Å². The number of rotatable bonds is 9. The van der Waals surface area contributed by atoms with Gasteiger partial charge in [0.25, 0.3) is 0 Å². The Morgan fingerprint density at radius 2 is 1.75 bits per heavy atom. The monoisotopic (exact) mass is 481 g/mol. The van der Waals surface area contributed by atoms with Gasteiger partial charge in [-0.2, -0.15) is 0 Å². The predicted octanol–water partition coefficient (Wildman–Crippen LogP) is 8.31. The second-order valence-corrected chi connectivity index (χ2v) is 10.9. The Kier molecular flexibility index (Phi) is 8.64. The standard InChI is InChI=1S/C33H43N3/c1-6-9-27-17-23(2)16-24(3)31(27)19-29-18-28(26-14-12-25(13-15-26)22-36(4)5)20-33(32(29)21-34)35-30-10-7-8-11-30/h9,12-16,18,20-21,30,34-35H,6-8,10-11,17,19,22H2,1-5H3/b27-9+,34-21?. The van der Waals surface area contributed by atoms with Crippen LogP contribution in [0, 0.1) is 5.41 Å². The number of anilines is 1. The van der Waals surface area contributed by atoms with Crippen LogP contribution in [0.15, 0.2) is 70.8 Å². The number of nitrogens with zero attached hydrogens (tertiary/aromatic N) is 1. The van der Waals surface area contributed by atoms with Crippen molar-refractivity contribution in [1.29, 1.82) is 5.41 Å². The van der Waals surface area contributed by atoms with Crippen molar-refractivity contribution in [2.24, 2.45) is 0 Å². The fourth-order valence-electron chi connectivity index (χ4n) is 5.83. The summed E-state index contributed by atoms with van der Waals surface area (Å²) in [5.74, 6) is 0. The van der Waals surface area contributed by atoms with Crippen molar-refractivity contribution >= 4 is 11.9 Å². The summed E-state index contributed by atoms with van der Waals surface area (Å²) in [5.41, 5.74) is 12.9. The number of allylic oxidation sites excluding steroid dienone is 6. The summed E-state index contributed by atoms with van der Waals surface area (Å²) >= 11 is 0. The van der Waals surface area contributed by atoms with Gasteiger partial charge in [0.15, 0.2) is 0 Å². The maximum absolute atomic E-state index is 8.39. The maximum Gasteiger partial charge on any atom is 0.0440 e. The zero-order chi connectivity index (χ0) is 25.7. The number of hydrogen-bond acceptors (Lipinski definition) is 3. The van der Waals surface area contributed by atoms with Crippen molar-refractivity contribution in [1.82, 2.24) is 4.90 Å². The van der Waals surface area contributed by atoms with E-state index in [0.717, 1.165) is 37.1 Å². The number of nitrogens with one attached hydrogen (secondary N) is 2. The molecule has 0 atom stereocenters. The molecule has 0 spiro atoms. The largest absolute Gasteiger partial charge is 0.382 e. The van der Waals surface area contributed by atoms with Crippen LogP contribution in [0.2, 0.25) is 0 Å². The molecule has 0 bridgehead atoms. The van der Waals surface area contributed by atoms with Gasteiger partial charge in [0.05, 0.1) is 0 Å². The van der Waals surface area contributed by atoms with E-state index in [9.17, 15) is 0 Å². The van der Waals surface area contributed by atoms with Crippen molar-refractivity contribution < 1.29 is 0 Å². The van der Waals surface area contributed by atoms with Crippen LogP contribution >= 0.6 is 0 Å². The van der Waals surface area contributed by atoms with Gasteiger partial charge in [-0.25, -0.2) is 0 Å². The maximum atomic E-state index is 8.39. The highest BCUT2D eigenvalue weighted by Crippen LogP contribution is 2.36. The molecule has 36 heavy (non-hydrogen) atoms. The molecule has 2 aliphatic carbocycles. The lowest BCUT2D eigenvalue weighted by molar-refractivity contribution is 0.402. The second kappa shape index (κ2) is 11.9. The normalized spacial score (nSPS) is 17.7. The lowest BCUT2D eigenvalue weighted by atomic mass is 9.83. The molecule has 2 aromatic rings. The summed E-state index contributed by atoms with van der Waals surface area (Å²) in [6.07, 6.45) is 14.3. The number of hydrogen-bond donors (Lipinski definition) is 2. The third kappa shape index (κ3) is 6.25. The van der Waals surface area contributed by atoms with Crippen LogP contribution in [0.25, 0.3) is 11.1 Å². The van der Waals surface area contributed by atoms with Crippen molar-refractivity contribution in [3.63, 3.8) is 0 Å². The molecule has 0 radical (unpaired) electrons. The van der Waals surface area contributed by atoms with Crippen molar-refractivity contribution in [3.8, 4) is 11.1 Å². The summed E-state index contributed by atoms with van der Waals surface area (Å²) in [4.78, 5) is 2.20. The SMILES string of the molecule is CC/C=C1\CC(C)=CC(C)=C1Cc1cc(-c2ccc(CN(C)C)cc2)cc(NC2CCCC2)c1C=N. The van der Waals surface area contributed by atoms with Crippen molar-refractivity contribution in [2.75, 3.05) is 19.4 Å². The molecular weight excluding hydrogens is 438 g/mol. The van der Waals surface area contributed by atoms with Gasteiger partial charge < -0.3 is 15.6 Å². The van der Waals surface area contributed by atoms with Gasteiger partial charge in [-0.05, 0) is 105 Å². The van der Waals surface area contributed by atoms with Gasteiger partial charge in [-0.1, -0.05) is 67.8 Å². The van der Waals surface area contributed by atoms with Gasteiger partial charge in [0.2, 0.25) is 0 Å². The Morgan fingerprint density at radius 1 is 1.03 bits per heavy atom. The van der Waals surface area contributed by atoms with Crippen LogP contribution in [0.4, 0.5) is 5.69 Å². The van der Waals surface area contributed by atoms with Gasteiger partial charge in [-0.3, -0.25) is 0 Å². The molecule has 0 amide bonds. The van der Waals surface area contributed by atoms with Crippen molar-refractivity contribution in [3.05, 3.63) is 87.5 Å². The first-order valence-electron chi connectivity index (χ1n) is 13.6. The van der Waals surface area contributed by atoms with E-state index in [-0.39, 0.29) is 0 Å². The predicted molar refractivity (Wildman–Crippen MR) is 156 cm³/mol. The average Bonchev–Trinajstić information content (AvgIpc) is 3.34. The summed E-state index contributed by atoms with van der Waals surface area (Å²) in [5, 5.41) is 12.2. The molecule has 1 fully saturated rings. The van der Waals surface area contributed by atoms with Crippen LogP contribution in [-0.2, 0) is 13.0 Å². The zero-order valence-corrected chi connectivity index (χ0v) is 22.9. The molecule has 1 saturated carbocycles. The van der Waals surface area contributed by atoms with Gasteiger partial charge in [-0.15, -0.1) is 0 Å². The molecule has 2 aromatic carbocycles. The fourth-order valence-corrected chi connectivity index (χ4v) is 5.83. The smallest absolute Gasteiger partial charge is 0.0440 e. The summed E-state index contributed by atoms with van der Waals surface area (Å²) in [6, 6.07) is 14.1. The minimum atomic E-state index is 0.506. The minimum Gasteiger partial charge on any atom is -0.382 e. The molecule has 0 saturated heterocycles. The fraction of sp³-hybridized carbons (Fsp3) is 0.424. The minimum absolute atomic E-state index is 0.506. The van der Waals surface area contributed by atoms with E-state index >= 15 is 0 Å². The molecule has 3 nitrogen and oxygen atoms in total. The number of benzene rings is 2.